The monoisotopic (exact) mass is 298 g/mol. The molecule has 2 rings (SSSR count). The summed E-state index contributed by atoms with van der Waals surface area (Å²) in [6.07, 6.45) is 3.33. The highest BCUT2D eigenvalue weighted by Gasteiger charge is 2.32. The second-order valence-electron chi connectivity index (χ2n) is 4.51. The number of methoxy groups -OCH3 is 2. The SMILES string of the molecule is COC(/C=C/c1ccccc1)(OC)OC(=O)c1ccccc1. The molecule has 2 aromatic carbocycles. The molecule has 0 aromatic heterocycles. The standard InChI is InChI=1S/C18H18O4/c1-20-18(21-2,14-13-15-9-5-3-6-10-15)22-17(19)16-11-7-4-8-12-16/h3-14H,1-2H3/b14-13+. The van der Waals surface area contributed by atoms with Crippen molar-refractivity contribution in [3.63, 3.8) is 0 Å². The highest BCUT2D eigenvalue weighted by atomic mass is 16.9. The van der Waals surface area contributed by atoms with Gasteiger partial charge in [-0.25, -0.2) is 4.79 Å². The van der Waals surface area contributed by atoms with E-state index < -0.39 is 11.9 Å². The normalized spacial score (nSPS) is 11.5. The van der Waals surface area contributed by atoms with Gasteiger partial charge >= 0.3 is 11.9 Å². The Bertz CT molecular complexity index is 616. The second-order valence-corrected chi connectivity index (χ2v) is 4.51. The molecule has 0 aliphatic carbocycles. The topological polar surface area (TPSA) is 44.8 Å². The lowest BCUT2D eigenvalue weighted by molar-refractivity contribution is -0.301. The van der Waals surface area contributed by atoms with Gasteiger partial charge in [-0.3, -0.25) is 0 Å². The molecule has 0 saturated carbocycles. The Morgan fingerprint density at radius 1 is 0.909 bits per heavy atom. The van der Waals surface area contributed by atoms with Crippen molar-refractivity contribution < 1.29 is 19.0 Å². The maximum Gasteiger partial charge on any atom is 0.351 e. The van der Waals surface area contributed by atoms with Gasteiger partial charge in [0.05, 0.1) is 5.56 Å². The van der Waals surface area contributed by atoms with Gasteiger partial charge < -0.3 is 14.2 Å². The first-order valence-corrected chi connectivity index (χ1v) is 6.82. The van der Waals surface area contributed by atoms with Gasteiger partial charge in [0.15, 0.2) is 0 Å². The first-order valence-electron chi connectivity index (χ1n) is 6.82. The van der Waals surface area contributed by atoms with E-state index in [-0.39, 0.29) is 0 Å². The lowest BCUT2D eigenvalue weighted by Gasteiger charge is -2.26. The summed E-state index contributed by atoms with van der Waals surface area (Å²) >= 11 is 0. The van der Waals surface area contributed by atoms with E-state index in [2.05, 4.69) is 0 Å². The highest BCUT2D eigenvalue weighted by Crippen LogP contribution is 2.19. The maximum atomic E-state index is 12.2. The summed E-state index contributed by atoms with van der Waals surface area (Å²) in [5.41, 5.74) is 1.37. The van der Waals surface area contributed by atoms with Gasteiger partial charge in [-0.1, -0.05) is 48.5 Å². The number of benzene rings is 2. The largest absolute Gasteiger partial charge is 0.401 e. The van der Waals surface area contributed by atoms with Gasteiger partial charge in [-0.05, 0) is 23.8 Å². The van der Waals surface area contributed by atoms with Crippen LogP contribution in [0.4, 0.5) is 0 Å². The van der Waals surface area contributed by atoms with Crippen LogP contribution in [0.25, 0.3) is 6.08 Å². The van der Waals surface area contributed by atoms with E-state index in [4.69, 9.17) is 14.2 Å². The molecule has 2 aromatic rings. The Morgan fingerprint density at radius 2 is 1.45 bits per heavy atom. The van der Waals surface area contributed by atoms with Crippen LogP contribution >= 0.6 is 0 Å². The maximum absolute atomic E-state index is 12.2. The molecule has 0 aliphatic heterocycles. The fraction of sp³-hybridized carbons (Fsp3) is 0.167. The summed E-state index contributed by atoms with van der Waals surface area (Å²) in [7, 11) is 2.83. The van der Waals surface area contributed by atoms with Gasteiger partial charge in [0.1, 0.15) is 0 Å². The number of carbonyl (C=O) groups is 1. The summed E-state index contributed by atoms with van der Waals surface area (Å²) in [6.45, 7) is 0. The second kappa shape index (κ2) is 7.54. The van der Waals surface area contributed by atoms with Crippen molar-refractivity contribution in [3.05, 3.63) is 77.9 Å². The minimum atomic E-state index is -1.57. The van der Waals surface area contributed by atoms with Crippen molar-refractivity contribution in [2.45, 2.75) is 5.97 Å². The molecule has 0 spiro atoms. The lowest BCUT2D eigenvalue weighted by Crippen LogP contribution is -2.37. The number of carbonyl (C=O) groups excluding carboxylic acids is 1. The molecule has 0 fully saturated rings. The zero-order chi connectivity index (χ0) is 15.8. The molecule has 0 unspecified atom stereocenters. The molecule has 0 heterocycles. The molecule has 0 amide bonds. The number of hydrogen-bond donors (Lipinski definition) is 0. The minimum Gasteiger partial charge on any atom is -0.401 e. The van der Waals surface area contributed by atoms with Crippen LogP contribution in [-0.2, 0) is 14.2 Å². The van der Waals surface area contributed by atoms with Crippen LogP contribution in [0.2, 0.25) is 0 Å². The first-order chi connectivity index (χ1) is 10.7. The van der Waals surface area contributed by atoms with Crippen LogP contribution in [0.5, 0.6) is 0 Å². The Labute approximate surface area is 129 Å². The fourth-order valence-corrected chi connectivity index (χ4v) is 1.86. The van der Waals surface area contributed by atoms with Crippen molar-refractivity contribution in [2.24, 2.45) is 0 Å². The third-order valence-electron chi connectivity index (χ3n) is 3.09. The van der Waals surface area contributed by atoms with E-state index in [1.54, 1.807) is 36.4 Å². The number of hydrogen-bond acceptors (Lipinski definition) is 4. The Kier molecular flexibility index (Phi) is 5.47. The van der Waals surface area contributed by atoms with Crippen LogP contribution in [0.1, 0.15) is 15.9 Å². The zero-order valence-corrected chi connectivity index (χ0v) is 12.6. The molecule has 4 heteroatoms. The van der Waals surface area contributed by atoms with Gasteiger partial charge in [-0.15, -0.1) is 0 Å². The smallest absolute Gasteiger partial charge is 0.351 e. The number of esters is 1. The molecule has 0 saturated heterocycles. The molecule has 22 heavy (non-hydrogen) atoms. The summed E-state index contributed by atoms with van der Waals surface area (Å²) in [5, 5.41) is 0. The van der Waals surface area contributed by atoms with E-state index >= 15 is 0 Å². The van der Waals surface area contributed by atoms with Crippen LogP contribution in [0.15, 0.2) is 66.7 Å². The molecule has 0 N–H and O–H groups in total. The molecule has 0 atom stereocenters. The lowest BCUT2D eigenvalue weighted by atomic mass is 10.2. The Balaban J connectivity index is 2.18. The van der Waals surface area contributed by atoms with Crippen LogP contribution in [0.3, 0.4) is 0 Å². The quantitative estimate of drug-likeness (QED) is 0.605. The molecule has 0 bridgehead atoms. The summed E-state index contributed by atoms with van der Waals surface area (Å²) in [4.78, 5) is 12.2. The first kappa shape index (κ1) is 15.9. The van der Waals surface area contributed by atoms with Crippen molar-refractivity contribution in [1.82, 2.24) is 0 Å². The Morgan fingerprint density at radius 3 is 2.00 bits per heavy atom. The van der Waals surface area contributed by atoms with E-state index in [9.17, 15) is 4.79 Å². The third-order valence-corrected chi connectivity index (χ3v) is 3.09. The average molecular weight is 298 g/mol. The summed E-state index contributed by atoms with van der Waals surface area (Å²) < 4.78 is 15.9. The Hall–Kier alpha value is -2.43. The number of ether oxygens (including phenoxy) is 3. The molecular formula is C18H18O4. The number of rotatable bonds is 6. The molecule has 0 radical (unpaired) electrons. The minimum absolute atomic E-state index is 0.425. The van der Waals surface area contributed by atoms with Gasteiger partial charge in [0.2, 0.25) is 0 Å². The molecule has 4 nitrogen and oxygen atoms in total. The predicted octanol–water partition coefficient (Wildman–Crippen LogP) is 3.50. The van der Waals surface area contributed by atoms with E-state index in [1.807, 2.05) is 36.4 Å². The summed E-state index contributed by atoms with van der Waals surface area (Å²) in [5.74, 6) is -2.09. The summed E-state index contributed by atoms with van der Waals surface area (Å²) in [6, 6.07) is 18.3. The molecule has 114 valence electrons. The van der Waals surface area contributed by atoms with Crippen LogP contribution < -0.4 is 0 Å². The average Bonchev–Trinajstić information content (AvgIpc) is 2.60. The molecular weight excluding hydrogens is 280 g/mol. The zero-order valence-electron chi connectivity index (χ0n) is 12.6. The van der Waals surface area contributed by atoms with Crippen molar-refractivity contribution in [2.75, 3.05) is 14.2 Å². The third kappa shape index (κ3) is 4.04. The van der Waals surface area contributed by atoms with Crippen molar-refractivity contribution >= 4 is 12.0 Å². The van der Waals surface area contributed by atoms with Gasteiger partial charge in [0.25, 0.3) is 0 Å². The van der Waals surface area contributed by atoms with Gasteiger partial charge in [0, 0.05) is 20.3 Å². The van der Waals surface area contributed by atoms with E-state index in [0.717, 1.165) is 5.56 Å². The van der Waals surface area contributed by atoms with Crippen molar-refractivity contribution in [3.8, 4) is 0 Å². The van der Waals surface area contributed by atoms with E-state index in [1.165, 1.54) is 14.2 Å². The van der Waals surface area contributed by atoms with Crippen molar-refractivity contribution in [1.29, 1.82) is 0 Å². The van der Waals surface area contributed by atoms with E-state index in [0.29, 0.717) is 5.56 Å². The van der Waals surface area contributed by atoms with Gasteiger partial charge in [-0.2, -0.15) is 0 Å². The predicted molar refractivity (Wildman–Crippen MR) is 84.1 cm³/mol. The highest BCUT2D eigenvalue weighted by molar-refractivity contribution is 5.89. The fourth-order valence-electron chi connectivity index (χ4n) is 1.86. The van der Waals surface area contributed by atoms with Crippen LogP contribution in [-0.4, -0.2) is 26.2 Å². The van der Waals surface area contributed by atoms with Crippen LogP contribution in [0, 0.1) is 0 Å². The molecule has 0 aliphatic rings.